The molecule has 0 fully saturated rings. The number of esters is 1. The second-order valence-corrected chi connectivity index (χ2v) is 6.49. The van der Waals surface area contributed by atoms with E-state index in [0.717, 1.165) is 10.5 Å². The molecule has 0 bridgehead atoms. The molecule has 0 aliphatic rings. The molecule has 2 aromatic carbocycles. The fourth-order valence-electron chi connectivity index (χ4n) is 2.09. The van der Waals surface area contributed by atoms with Gasteiger partial charge in [0.25, 0.3) is 5.91 Å². The predicted molar refractivity (Wildman–Crippen MR) is 99.1 cm³/mol. The van der Waals surface area contributed by atoms with Gasteiger partial charge in [-0.1, -0.05) is 24.3 Å². The van der Waals surface area contributed by atoms with E-state index in [4.69, 9.17) is 9.47 Å². The Labute approximate surface area is 151 Å². The molecule has 0 unspecified atom stereocenters. The van der Waals surface area contributed by atoms with Crippen molar-refractivity contribution in [1.82, 2.24) is 0 Å². The molecule has 0 saturated carbocycles. The molecule has 2 rings (SSSR count). The summed E-state index contributed by atoms with van der Waals surface area (Å²) in [6.45, 7) is 1.60. The van der Waals surface area contributed by atoms with Crippen LogP contribution in [0.25, 0.3) is 0 Å². The highest BCUT2D eigenvalue weighted by molar-refractivity contribution is 7.99. The Hall–Kier alpha value is -2.47. The molecule has 0 aliphatic heterocycles. The lowest BCUT2D eigenvalue weighted by molar-refractivity contribution is -0.146. The van der Waals surface area contributed by atoms with E-state index in [1.165, 1.54) is 7.11 Å². The summed E-state index contributed by atoms with van der Waals surface area (Å²) in [4.78, 5) is 24.8. The van der Waals surface area contributed by atoms with Gasteiger partial charge < -0.3 is 14.8 Å². The van der Waals surface area contributed by atoms with Gasteiger partial charge in [0.05, 0.1) is 19.2 Å². The number of benzene rings is 2. The molecular weight excluding hydrogens is 338 g/mol. The Morgan fingerprint density at radius 2 is 1.88 bits per heavy atom. The summed E-state index contributed by atoms with van der Waals surface area (Å²) in [5.74, 6) is 0.378. The van der Waals surface area contributed by atoms with Crippen LogP contribution in [0.1, 0.15) is 12.0 Å². The van der Waals surface area contributed by atoms with E-state index in [1.807, 2.05) is 43.3 Å². The lowest BCUT2D eigenvalue weighted by Gasteiger charge is -2.11. The van der Waals surface area contributed by atoms with Crippen LogP contribution < -0.4 is 10.1 Å². The SMILES string of the molecule is COc1ccc(C)cc1NC(=O)COC(=O)CCSc1ccccc1. The number of methoxy groups -OCH3 is 1. The number of carbonyl (C=O) groups is 2. The molecule has 0 spiro atoms. The van der Waals surface area contributed by atoms with Crippen molar-refractivity contribution in [3.05, 3.63) is 54.1 Å². The van der Waals surface area contributed by atoms with Gasteiger partial charge in [0.1, 0.15) is 5.75 Å². The topological polar surface area (TPSA) is 64.6 Å². The van der Waals surface area contributed by atoms with Crippen molar-refractivity contribution in [3.63, 3.8) is 0 Å². The molecule has 2 aromatic rings. The Bertz CT molecular complexity index is 719. The number of anilines is 1. The molecule has 0 saturated heterocycles. The fourth-order valence-corrected chi connectivity index (χ4v) is 2.95. The minimum absolute atomic E-state index is 0.251. The van der Waals surface area contributed by atoms with Crippen LogP contribution in [0.15, 0.2) is 53.4 Å². The van der Waals surface area contributed by atoms with E-state index >= 15 is 0 Å². The van der Waals surface area contributed by atoms with Crippen molar-refractivity contribution in [2.75, 3.05) is 24.8 Å². The highest BCUT2D eigenvalue weighted by atomic mass is 32.2. The Morgan fingerprint density at radius 1 is 1.12 bits per heavy atom. The van der Waals surface area contributed by atoms with Gasteiger partial charge in [-0.25, -0.2) is 0 Å². The van der Waals surface area contributed by atoms with E-state index in [0.29, 0.717) is 17.2 Å². The summed E-state index contributed by atoms with van der Waals surface area (Å²) in [5, 5.41) is 2.69. The molecule has 132 valence electrons. The monoisotopic (exact) mass is 359 g/mol. The van der Waals surface area contributed by atoms with E-state index in [-0.39, 0.29) is 13.0 Å². The summed E-state index contributed by atoms with van der Waals surface area (Å²) < 4.78 is 10.2. The summed E-state index contributed by atoms with van der Waals surface area (Å²) in [6.07, 6.45) is 0.251. The van der Waals surface area contributed by atoms with Crippen molar-refractivity contribution in [2.45, 2.75) is 18.2 Å². The maximum atomic E-state index is 11.9. The van der Waals surface area contributed by atoms with Crippen LogP contribution in [-0.4, -0.2) is 31.3 Å². The molecule has 0 aromatic heterocycles. The van der Waals surface area contributed by atoms with E-state index < -0.39 is 11.9 Å². The Balaban J connectivity index is 1.72. The first-order valence-corrected chi connectivity index (χ1v) is 8.85. The summed E-state index contributed by atoms with van der Waals surface area (Å²) in [6, 6.07) is 15.3. The van der Waals surface area contributed by atoms with Gasteiger partial charge in [0, 0.05) is 10.6 Å². The first-order chi connectivity index (χ1) is 12.1. The normalized spacial score (nSPS) is 10.2. The van der Waals surface area contributed by atoms with E-state index in [2.05, 4.69) is 5.32 Å². The van der Waals surface area contributed by atoms with Gasteiger partial charge in [-0.2, -0.15) is 0 Å². The van der Waals surface area contributed by atoms with Gasteiger partial charge in [0.15, 0.2) is 6.61 Å². The van der Waals surface area contributed by atoms with Crippen molar-refractivity contribution >= 4 is 29.3 Å². The summed E-state index contributed by atoms with van der Waals surface area (Å²) >= 11 is 1.57. The van der Waals surface area contributed by atoms with Crippen molar-refractivity contribution in [1.29, 1.82) is 0 Å². The standard InChI is InChI=1S/C19H21NO4S/c1-14-8-9-17(23-2)16(12-14)20-18(21)13-24-19(22)10-11-25-15-6-4-3-5-7-15/h3-9,12H,10-11,13H2,1-2H3,(H,20,21). The molecule has 0 radical (unpaired) electrons. The second-order valence-electron chi connectivity index (χ2n) is 5.32. The number of carbonyl (C=O) groups excluding carboxylic acids is 2. The average Bonchev–Trinajstić information content (AvgIpc) is 2.61. The molecule has 5 nitrogen and oxygen atoms in total. The van der Waals surface area contributed by atoms with Crippen molar-refractivity contribution in [3.8, 4) is 5.75 Å². The quantitative estimate of drug-likeness (QED) is 0.575. The van der Waals surface area contributed by atoms with Gasteiger partial charge in [-0.15, -0.1) is 11.8 Å². The molecular formula is C19H21NO4S. The van der Waals surface area contributed by atoms with Crippen LogP contribution in [0.4, 0.5) is 5.69 Å². The minimum atomic E-state index is -0.395. The maximum Gasteiger partial charge on any atom is 0.307 e. The molecule has 1 amide bonds. The van der Waals surface area contributed by atoms with Crippen LogP contribution >= 0.6 is 11.8 Å². The lowest BCUT2D eigenvalue weighted by atomic mass is 10.2. The number of hydrogen-bond acceptors (Lipinski definition) is 5. The van der Waals surface area contributed by atoms with Crippen LogP contribution in [0.3, 0.4) is 0 Å². The summed E-state index contributed by atoms with van der Waals surface area (Å²) in [7, 11) is 1.53. The molecule has 25 heavy (non-hydrogen) atoms. The smallest absolute Gasteiger partial charge is 0.307 e. The van der Waals surface area contributed by atoms with Gasteiger partial charge >= 0.3 is 5.97 Å². The Kier molecular flexibility index (Phi) is 7.35. The molecule has 0 aliphatic carbocycles. The number of amides is 1. The number of nitrogens with one attached hydrogen (secondary N) is 1. The van der Waals surface area contributed by atoms with Crippen molar-refractivity contribution < 1.29 is 19.1 Å². The number of aryl methyl sites for hydroxylation is 1. The number of ether oxygens (including phenoxy) is 2. The lowest BCUT2D eigenvalue weighted by Crippen LogP contribution is -2.21. The van der Waals surface area contributed by atoms with Crippen LogP contribution in [0, 0.1) is 6.92 Å². The number of thioether (sulfide) groups is 1. The van der Waals surface area contributed by atoms with E-state index in [1.54, 1.807) is 23.9 Å². The highest BCUT2D eigenvalue weighted by Gasteiger charge is 2.11. The molecule has 0 atom stereocenters. The maximum absolute atomic E-state index is 11.9. The van der Waals surface area contributed by atoms with Crippen LogP contribution in [-0.2, 0) is 14.3 Å². The largest absolute Gasteiger partial charge is 0.495 e. The molecule has 1 N–H and O–H groups in total. The minimum Gasteiger partial charge on any atom is -0.495 e. The first-order valence-electron chi connectivity index (χ1n) is 7.86. The number of rotatable bonds is 8. The molecule has 6 heteroatoms. The van der Waals surface area contributed by atoms with Gasteiger partial charge in [0.2, 0.25) is 0 Å². The zero-order valence-corrected chi connectivity index (χ0v) is 15.1. The zero-order chi connectivity index (χ0) is 18.1. The van der Waals surface area contributed by atoms with Crippen LogP contribution in [0.5, 0.6) is 5.75 Å². The van der Waals surface area contributed by atoms with Gasteiger partial charge in [-0.05, 0) is 36.8 Å². The Morgan fingerprint density at radius 3 is 2.60 bits per heavy atom. The highest BCUT2D eigenvalue weighted by Crippen LogP contribution is 2.25. The average molecular weight is 359 g/mol. The first kappa shape index (κ1) is 18.9. The summed E-state index contributed by atoms with van der Waals surface area (Å²) in [5.41, 5.74) is 1.55. The second kappa shape index (κ2) is 9.74. The third-order valence-corrected chi connectivity index (χ3v) is 4.33. The van der Waals surface area contributed by atoms with Gasteiger partial charge in [-0.3, -0.25) is 9.59 Å². The molecule has 0 heterocycles. The third kappa shape index (κ3) is 6.51. The van der Waals surface area contributed by atoms with Crippen molar-refractivity contribution in [2.24, 2.45) is 0 Å². The third-order valence-electron chi connectivity index (χ3n) is 3.31. The zero-order valence-electron chi connectivity index (χ0n) is 14.3. The predicted octanol–water partition coefficient (Wildman–Crippen LogP) is 3.67. The number of hydrogen-bond donors (Lipinski definition) is 1. The van der Waals surface area contributed by atoms with E-state index in [9.17, 15) is 9.59 Å². The fraction of sp³-hybridized carbons (Fsp3) is 0.263. The van der Waals surface area contributed by atoms with Crippen LogP contribution in [0.2, 0.25) is 0 Å².